The van der Waals surface area contributed by atoms with Crippen LogP contribution in [-0.2, 0) is 14.6 Å². The zero-order valence-electron chi connectivity index (χ0n) is 14.4. The van der Waals surface area contributed by atoms with Gasteiger partial charge in [0.15, 0.2) is 15.6 Å². The van der Waals surface area contributed by atoms with Crippen LogP contribution >= 0.6 is 0 Å². The van der Waals surface area contributed by atoms with Crippen LogP contribution in [0.5, 0.6) is 11.5 Å². The summed E-state index contributed by atoms with van der Waals surface area (Å²) in [6.45, 7) is 0. The average Bonchev–Trinajstić information content (AvgIpc) is 2.61. The smallest absolute Gasteiger partial charge is 0.239 e. The zero-order chi connectivity index (χ0) is 19.2. The van der Waals surface area contributed by atoms with Gasteiger partial charge in [-0.2, -0.15) is 0 Å². The summed E-state index contributed by atoms with van der Waals surface area (Å²) in [7, 11) is -1.04. The highest BCUT2D eigenvalue weighted by Crippen LogP contribution is 2.23. The molecule has 0 atom stereocenters. The van der Waals surface area contributed by atoms with E-state index in [1.807, 2.05) is 0 Å². The molecule has 2 aromatic rings. The van der Waals surface area contributed by atoms with E-state index in [2.05, 4.69) is 5.32 Å². The van der Waals surface area contributed by atoms with E-state index in [-0.39, 0.29) is 5.56 Å². The minimum Gasteiger partial charge on any atom is -0.497 e. The van der Waals surface area contributed by atoms with Crippen LogP contribution < -0.4 is 14.8 Å². The molecule has 0 saturated carbocycles. The molecular formula is C18H19NO6S. The fraction of sp³-hybridized carbons (Fsp3) is 0.222. The van der Waals surface area contributed by atoms with Gasteiger partial charge in [0, 0.05) is 5.56 Å². The largest absolute Gasteiger partial charge is 0.497 e. The Balaban J connectivity index is 2.03. The molecular weight excluding hydrogens is 358 g/mol. The Morgan fingerprint density at radius 2 is 1.69 bits per heavy atom. The number of carbonyl (C=O) groups excluding carboxylic acids is 2. The molecule has 138 valence electrons. The standard InChI is InChI=1S/C18H19NO6S/c1-24-14-7-5-6-13(10-14)16(20)11-26(22,23)12-18(21)19-15-8-3-4-9-17(15)25-2/h3-10H,11-12H2,1-2H3,(H,19,21). The van der Waals surface area contributed by atoms with E-state index >= 15 is 0 Å². The molecule has 2 aromatic carbocycles. The van der Waals surface area contributed by atoms with Gasteiger partial charge in [0.2, 0.25) is 5.91 Å². The van der Waals surface area contributed by atoms with Gasteiger partial charge < -0.3 is 14.8 Å². The van der Waals surface area contributed by atoms with E-state index in [1.54, 1.807) is 36.4 Å². The second kappa shape index (κ2) is 8.48. The Hall–Kier alpha value is -2.87. The number of hydrogen-bond acceptors (Lipinski definition) is 6. The van der Waals surface area contributed by atoms with Crippen molar-refractivity contribution in [3.63, 3.8) is 0 Å². The number of nitrogens with one attached hydrogen (secondary N) is 1. The molecule has 0 aliphatic heterocycles. The number of methoxy groups -OCH3 is 2. The van der Waals surface area contributed by atoms with Crippen LogP contribution in [0.3, 0.4) is 0 Å². The third-order valence-corrected chi connectivity index (χ3v) is 4.88. The number of anilines is 1. The molecule has 1 amide bonds. The maximum absolute atomic E-state index is 12.2. The summed E-state index contributed by atoms with van der Waals surface area (Å²) in [6.07, 6.45) is 0. The van der Waals surface area contributed by atoms with Gasteiger partial charge in [0.25, 0.3) is 0 Å². The third kappa shape index (κ3) is 5.32. The van der Waals surface area contributed by atoms with Gasteiger partial charge >= 0.3 is 0 Å². The molecule has 1 N–H and O–H groups in total. The van der Waals surface area contributed by atoms with Crippen LogP contribution in [0.1, 0.15) is 10.4 Å². The van der Waals surface area contributed by atoms with Crippen molar-refractivity contribution in [1.29, 1.82) is 0 Å². The first-order chi connectivity index (χ1) is 12.3. The number of sulfone groups is 1. The quantitative estimate of drug-likeness (QED) is 0.706. The van der Waals surface area contributed by atoms with Gasteiger partial charge in [-0.1, -0.05) is 24.3 Å². The summed E-state index contributed by atoms with van der Waals surface area (Å²) >= 11 is 0. The lowest BCUT2D eigenvalue weighted by molar-refractivity contribution is -0.113. The highest BCUT2D eigenvalue weighted by atomic mass is 32.2. The average molecular weight is 377 g/mol. The molecule has 0 aliphatic rings. The molecule has 7 nitrogen and oxygen atoms in total. The molecule has 0 fully saturated rings. The summed E-state index contributed by atoms with van der Waals surface area (Å²) < 4.78 is 34.5. The topological polar surface area (TPSA) is 98.8 Å². The van der Waals surface area contributed by atoms with Crippen LogP contribution in [0.4, 0.5) is 5.69 Å². The first kappa shape index (κ1) is 19.5. The second-order valence-corrected chi connectivity index (χ2v) is 7.50. The van der Waals surface area contributed by atoms with Crippen LogP contribution in [0.2, 0.25) is 0 Å². The number of carbonyl (C=O) groups is 2. The normalized spacial score (nSPS) is 10.8. The number of ketones is 1. The molecule has 0 heterocycles. The molecule has 0 radical (unpaired) electrons. The second-order valence-electron chi connectivity index (χ2n) is 5.44. The summed E-state index contributed by atoms with van der Waals surface area (Å²) in [4.78, 5) is 24.2. The van der Waals surface area contributed by atoms with Crippen LogP contribution in [-0.4, -0.2) is 45.8 Å². The predicted molar refractivity (Wildman–Crippen MR) is 97.6 cm³/mol. The fourth-order valence-corrected chi connectivity index (χ4v) is 3.40. The van der Waals surface area contributed by atoms with Gasteiger partial charge in [-0.15, -0.1) is 0 Å². The van der Waals surface area contributed by atoms with Gasteiger partial charge in [-0.05, 0) is 24.3 Å². The van der Waals surface area contributed by atoms with Gasteiger partial charge in [-0.25, -0.2) is 8.42 Å². The van der Waals surface area contributed by atoms with E-state index < -0.39 is 33.0 Å². The number of amides is 1. The monoisotopic (exact) mass is 377 g/mol. The van der Waals surface area contributed by atoms with E-state index in [9.17, 15) is 18.0 Å². The summed E-state index contributed by atoms with van der Waals surface area (Å²) in [5, 5.41) is 2.47. The van der Waals surface area contributed by atoms with Crippen molar-refractivity contribution in [2.45, 2.75) is 0 Å². The van der Waals surface area contributed by atoms with E-state index in [0.717, 1.165) is 0 Å². The minimum absolute atomic E-state index is 0.207. The molecule has 0 spiro atoms. The van der Waals surface area contributed by atoms with E-state index in [4.69, 9.17) is 9.47 Å². The lowest BCUT2D eigenvalue weighted by Gasteiger charge is -2.10. The van der Waals surface area contributed by atoms with E-state index in [0.29, 0.717) is 17.2 Å². The Bertz CT molecular complexity index is 907. The maximum atomic E-state index is 12.2. The number of ether oxygens (including phenoxy) is 2. The molecule has 0 saturated heterocycles. The fourth-order valence-electron chi connectivity index (χ4n) is 2.26. The number of Topliss-reactive ketones (excluding diaryl/α,β-unsaturated/α-hetero) is 1. The lowest BCUT2D eigenvalue weighted by Crippen LogP contribution is -2.27. The summed E-state index contributed by atoms with van der Waals surface area (Å²) in [5.41, 5.74) is 0.562. The molecule has 0 aliphatic carbocycles. The van der Waals surface area contributed by atoms with Crippen LogP contribution in [0.15, 0.2) is 48.5 Å². The van der Waals surface area contributed by atoms with Crippen LogP contribution in [0.25, 0.3) is 0 Å². The summed E-state index contributed by atoms with van der Waals surface area (Å²) in [5.74, 6) is -2.06. The van der Waals surface area contributed by atoms with Gasteiger partial charge in [0.1, 0.15) is 23.0 Å². The summed E-state index contributed by atoms with van der Waals surface area (Å²) in [6, 6.07) is 12.8. The van der Waals surface area contributed by atoms with Crippen molar-refractivity contribution in [1.82, 2.24) is 0 Å². The molecule has 8 heteroatoms. The SMILES string of the molecule is COc1cccc(C(=O)CS(=O)(=O)CC(=O)Nc2ccccc2OC)c1. The van der Waals surface area contributed by atoms with Crippen molar-refractivity contribution < 1.29 is 27.5 Å². The Labute approximate surface area is 151 Å². The molecule has 0 bridgehead atoms. The van der Waals surface area contributed by atoms with Crippen molar-refractivity contribution >= 4 is 27.2 Å². The van der Waals surface area contributed by atoms with Crippen molar-refractivity contribution in [3.05, 3.63) is 54.1 Å². The molecule has 26 heavy (non-hydrogen) atoms. The predicted octanol–water partition coefficient (Wildman–Crippen LogP) is 1.94. The maximum Gasteiger partial charge on any atom is 0.239 e. The Morgan fingerprint density at radius 1 is 0.962 bits per heavy atom. The van der Waals surface area contributed by atoms with E-state index in [1.165, 1.54) is 26.4 Å². The highest BCUT2D eigenvalue weighted by molar-refractivity contribution is 7.92. The van der Waals surface area contributed by atoms with Crippen molar-refractivity contribution in [2.24, 2.45) is 0 Å². The Kier molecular flexibility index (Phi) is 6.35. The molecule has 0 unspecified atom stereocenters. The molecule has 2 rings (SSSR count). The third-order valence-electron chi connectivity index (χ3n) is 3.47. The van der Waals surface area contributed by atoms with Crippen molar-refractivity contribution in [2.75, 3.05) is 31.0 Å². The van der Waals surface area contributed by atoms with Gasteiger partial charge in [-0.3, -0.25) is 9.59 Å². The number of para-hydroxylation sites is 2. The number of benzene rings is 2. The number of hydrogen-bond donors (Lipinski definition) is 1. The first-order valence-corrected chi connectivity index (χ1v) is 9.47. The molecule has 0 aromatic heterocycles. The van der Waals surface area contributed by atoms with Crippen molar-refractivity contribution in [3.8, 4) is 11.5 Å². The first-order valence-electron chi connectivity index (χ1n) is 7.65. The Morgan fingerprint density at radius 3 is 2.38 bits per heavy atom. The zero-order valence-corrected chi connectivity index (χ0v) is 15.2. The highest BCUT2D eigenvalue weighted by Gasteiger charge is 2.22. The number of rotatable bonds is 8. The van der Waals surface area contributed by atoms with Crippen LogP contribution in [0, 0.1) is 0 Å². The lowest BCUT2D eigenvalue weighted by atomic mass is 10.1. The van der Waals surface area contributed by atoms with Gasteiger partial charge in [0.05, 0.1) is 19.9 Å². The minimum atomic E-state index is -3.93.